The second-order valence-corrected chi connectivity index (χ2v) is 5.40. The number of rotatable bonds is 4. The van der Waals surface area contributed by atoms with Crippen LogP contribution >= 0.6 is 34.8 Å². The third-order valence-electron chi connectivity index (χ3n) is 2.79. The molecule has 110 valence electrons. The van der Waals surface area contributed by atoms with E-state index in [0.717, 1.165) is 11.1 Å². The van der Waals surface area contributed by atoms with E-state index in [1.165, 1.54) is 6.20 Å². The fraction of sp³-hybridized carbons (Fsp3) is 0.143. The number of amides is 1. The van der Waals surface area contributed by atoms with Gasteiger partial charge in [0.05, 0.1) is 21.7 Å². The Morgan fingerprint density at radius 2 is 1.71 bits per heavy atom. The summed E-state index contributed by atoms with van der Waals surface area (Å²) in [5.74, 6) is -0.440. The molecule has 21 heavy (non-hydrogen) atoms. The van der Waals surface area contributed by atoms with E-state index >= 15 is 0 Å². The molecule has 2 N–H and O–H groups in total. The van der Waals surface area contributed by atoms with Gasteiger partial charge in [0.25, 0.3) is 5.91 Å². The summed E-state index contributed by atoms with van der Waals surface area (Å²) < 4.78 is 0. The van der Waals surface area contributed by atoms with Crippen molar-refractivity contribution in [1.29, 1.82) is 0 Å². The highest BCUT2D eigenvalue weighted by atomic mass is 35.5. The SMILES string of the molecule is O=C(NCc1ccc(CO)cc1)c1ncc(Cl)c(Cl)c1Cl. The summed E-state index contributed by atoms with van der Waals surface area (Å²) in [4.78, 5) is 15.9. The second-order valence-electron chi connectivity index (χ2n) is 4.24. The van der Waals surface area contributed by atoms with Crippen LogP contribution in [0.4, 0.5) is 0 Å². The van der Waals surface area contributed by atoms with Gasteiger partial charge in [-0.05, 0) is 11.1 Å². The second kappa shape index (κ2) is 7.09. The highest BCUT2D eigenvalue weighted by Gasteiger charge is 2.16. The number of nitrogens with one attached hydrogen (secondary N) is 1. The zero-order valence-corrected chi connectivity index (χ0v) is 13.0. The van der Waals surface area contributed by atoms with Crippen LogP contribution in [-0.4, -0.2) is 16.0 Å². The maximum absolute atomic E-state index is 12.0. The smallest absolute Gasteiger partial charge is 0.271 e. The lowest BCUT2D eigenvalue weighted by Crippen LogP contribution is -2.24. The highest BCUT2D eigenvalue weighted by molar-refractivity contribution is 6.48. The lowest BCUT2D eigenvalue weighted by atomic mass is 10.1. The van der Waals surface area contributed by atoms with Crippen LogP contribution < -0.4 is 5.32 Å². The zero-order chi connectivity index (χ0) is 15.4. The minimum atomic E-state index is -0.440. The first kappa shape index (κ1) is 16.0. The molecule has 0 saturated heterocycles. The predicted molar refractivity (Wildman–Crippen MR) is 82.8 cm³/mol. The first-order valence-corrected chi connectivity index (χ1v) is 7.12. The monoisotopic (exact) mass is 344 g/mol. The van der Waals surface area contributed by atoms with Crippen LogP contribution in [0.2, 0.25) is 15.1 Å². The third kappa shape index (κ3) is 3.86. The zero-order valence-electron chi connectivity index (χ0n) is 10.7. The maximum atomic E-state index is 12.0. The van der Waals surface area contributed by atoms with Gasteiger partial charge in [0.2, 0.25) is 0 Å². The van der Waals surface area contributed by atoms with E-state index < -0.39 is 5.91 Å². The molecule has 0 fully saturated rings. The van der Waals surface area contributed by atoms with Crippen LogP contribution in [0.5, 0.6) is 0 Å². The summed E-state index contributed by atoms with van der Waals surface area (Å²) in [5.41, 5.74) is 1.72. The van der Waals surface area contributed by atoms with Gasteiger partial charge >= 0.3 is 0 Å². The molecule has 0 aliphatic carbocycles. The summed E-state index contributed by atoms with van der Waals surface area (Å²) in [7, 11) is 0. The van der Waals surface area contributed by atoms with Gasteiger partial charge in [-0.1, -0.05) is 59.1 Å². The Balaban J connectivity index is 2.06. The predicted octanol–water partition coefficient (Wildman–Crippen LogP) is 3.46. The minimum Gasteiger partial charge on any atom is -0.392 e. The topological polar surface area (TPSA) is 62.2 Å². The lowest BCUT2D eigenvalue weighted by molar-refractivity contribution is 0.0946. The normalized spacial score (nSPS) is 10.5. The van der Waals surface area contributed by atoms with E-state index in [1.807, 2.05) is 12.1 Å². The summed E-state index contributed by atoms with van der Waals surface area (Å²) >= 11 is 17.6. The van der Waals surface area contributed by atoms with Gasteiger partial charge in [-0.3, -0.25) is 4.79 Å². The number of nitrogens with zero attached hydrogens (tertiary/aromatic N) is 1. The van der Waals surface area contributed by atoms with Crippen molar-refractivity contribution in [1.82, 2.24) is 10.3 Å². The molecule has 0 saturated carbocycles. The molecule has 7 heteroatoms. The molecule has 0 atom stereocenters. The van der Waals surface area contributed by atoms with Crippen LogP contribution in [0, 0.1) is 0 Å². The number of halogens is 3. The van der Waals surface area contributed by atoms with Gasteiger partial charge in [0.1, 0.15) is 5.69 Å². The quantitative estimate of drug-likeness (QED) is 0.892. The molecule has 2 rings (SSSR count). The summed E-state index contributed by atoms with van der Waals surface area (Å²) in [6.07, 6.45) is 1.28. The Bertz CT molecular complexity index is 660. The number of hydrogen-bond donors (Lipinski definition) is 2. The highest BCUT2D eigenvalue weighted by Crippen LogP contribution is 2.30. The number of aliphatic hydroxyl groups excluding tert-OH is 1. The Morgan fingerprint density at radius 3 is 2.33 bits per heavy atom. The van der Waals surface area contributed by atoms with Crippen LogP contribution in [0.25, 0.3) is 0 Å². The van der Waals surface area contributed by atoms with Crippen molar-refractivity contribution in [2.75, 3.05) is 0 Å². The molecule has 1 amide bonds. The Morgan fingerprint density at radius 1 is 1.10 bits per heavy atom. The molecule has 0 aliphatic rings. The van der Waals surface area contributed by atoms with Gasteiger partial charge in [0, 0.05) is 12.7 Å². The molecular weight excluding hydrogens is 335 g/mol. The van der Waals surface area contributed by atoms with E-state index in [0.29, 0.717) is 6.54 Å². The van der Waals surface area contributed by atoms with Crippen LogP contribution in [0.1, 0.15) is 21.6 Å². The molecular formula is C14H11Cl3N2O2. The summed E-state index contributed by atoms with van der Waals surface area (Å²) in [5, 5.41) is 12.0. The number of benzene rings is 1. The molecule has 0 radical (unpaired) electrons. The fourth-order valence-electron chi connectivity index (χ4n) is 1.63. The average molecular weight is 346 g/mol. The Labute approximate surface area is 136 Å². The number of pyridine rings is 1. The number of carbonyl (C=O) groups is 1. The summed E-state index contributed by atoms with van der Waals surface area (Å²) in [6.45, 7) is 0.290. The first-order valence-electron chi connectivity index (χ1n) is 5.99. The van der Waals surface area contributed by atoms with Gasteiger partial charge < -0.3 is 10.4 Å². The molecule has 1 aromatic carbocycles. The van der Waals surface area contributed by atoms with Gasteiger partial charge in [-0.25, -0.2) is 4.98 Å². The van der Waals surface area contributed by atoms with Crippen molar-refractivity contribution in [2.24, 2.45) is 0 Å². The van der Waals surface area contributed by atoms with Crippen molar-refractivity contribution in [3.05, 3.63) is 62.4 Å². The number of carbonyl (C=O) groups excluding carboxylic acids is 1. The molecule has 2 aromatic rings. The van der Waals surface area contributed by atoms with Gasteiger partial charge in [-0.2, -0.15) is 0 Å². The molecule has 4 nitrogen and oxygen atoms in total. The largest absolute Gasteiger partial charge is 0.392 e. The van der Waals surface area contributed by atoms with Crippen molar-refractivity contribution in [3.8, 4) is 0 Å². The summed E-state index contributed by atoms with van der Waals surface area (Å²) in [6, 6.07) is 7.20. The Hall–Kier alpha value is -1.33. The Kier molecular flexibility index (Phi) is 5.42. The first-order chi connectivity index (χ1) is 10.0. The van der Waals surface area contributed by atoms with Crippen molar-refractivity contribution in [2.45, 2.75) is 13.2 Å². The van der Waals surface area contributed by atoms with Crippen molar-refractivity contribution in [3.63, 3.8) is 0 Å². The number of aromatic nitrogens is 1. The van der Waals surface area contributed by atoms with E-state index in [2.05, 4.69) is 10.3 Å². The standard InChI is InChI=1S/C14H11Cl3N2O2/c15-10-6-18-13(12(17)11(10)16)14(21)19-5-8-1-3-9(7-20)4-2-8/h1-4,6,20H,5,7H2,(H,19,21). The molecule has 0 bridgehead atoms. The minimum absolute atomic E-state index is 0.0184. The van der Waals surface area contributed by atoms with Crippen molar-refractivity contribution >= 4 is 40.7 Å². The van der Waals surface area contributed by atoms with Crippen molar-refractivity contribution < 1.29 is 9.90 Å². The third-order valence-corrected chi connectivity index (χ3v) is 4.03. The van der Waals surface area contributed by atoms with Crippen LogP contribution in [0.3, 0.4) is 0 Å². The van der Waals surface area contributed by atoms with Gasteiger partial charge in [0.15, 0.2) is 0 Å². The number of aliphatic hydroxyl groups is 1. The fourth-order valence-corrected chi connectivity index (χ4v) is 2.20. The molecule has 0 unspecified atom stereocenters. The van der Waals surface area contributed by atoms with E-state index in [-0.39, 0.29) is 27.4 Å². The molecule has 1 aromatic heterocycles. The number of hydrogen-bond acceptors (Lipinski definition) is 3. The van der Waals surface area contributed by atoms with E-state index in [1.54, 1.807) is 12.1 Å². The average Bonchev–Trinajstić information content (AvgIpc) is 2.51. The van der Waals surface area contributed by atoms with Crippen LogP contribution in [0.15, 0.2) is 30.5 Å². The van der Waals surface area contributed by atoms with E-state index in [9.17, 15) is 4.79 Å². The lowest BCUT2D eigenvalue weighted by Gasteiger charge is -2.08. The molecule has 1 heterocycles. The molecule has 0 aliphatic heterocycles. The maximum Gasteiger partial charge on any atom is 0.271 e. The molecule has 0 spiro atoms. The van der Waals surface area contributed by atoms with Crippen LogP contribution in [-0.2, 0) is 13.2 Å². The van der Waals surface area contributed by atoms with E-state index in [4.69, 9.17) is 39.9 Å². The van der Waals surface area contributed by atoms with Gasteiger partial charge in [-0.15, -0.1) is 0 Å².